The summed E-state index contributed by atoms with van der Waals surface area (Å²) in [6, 6.07) is -0.110. The standard InChI is InChI=1S/C8H15NO/c1-2-3-4-5-6-8(9)7-10/h2-5,8,10H,6-7,9H2,1H3/b3-2+,5-4+. The van der Waals surface area contributed by atoms with Gasteiger partial charge in [0.2, 0.25) is 0 Å². The van der Waals surface area contributed by atoms with Gasteiger partial charge in [0.15, 0.2) is 0 Å². The predicted molar refractivity (Wildman–Crippen MR) is 43.6 cm³/mol. The van der Waals surface area contributed by atoms with Gasteiger partial charge in [0.05, 0.1) is 6.61 Å². The molecule has 10 heavy (non-hydrogen) atoms. The van der Waals surface area contributed by atoms with E-state index in [1.165, 1.54) is 0 Å². The summed E-state index contributed by atoms with van der Waals surface area (Å²) in [6.07, 6.45) is 8.49. The fourth-order valence-corrected chi connectivity index (χ4v) is 0.518. The molecule has 0 aromatic heterocycles. The lowest BCUT2D eigenvalue weighted by atomic mass is 10.2. The Morgan fingerprint density at radius 2 is 2.20 bits per heavy atom. The Kier molecular flexibility index (Phi) is 6.13. The van der Waals surface area contributed by atoms with Crippen molar-refractivity contribution in [2.75, 3.05) is 6.61 Å². The van der Waals surface area contributed by atoms with Crippen LogP contribution in [0, 0.1) is 0 Å². The molecule has 3 N–H and O–H groups in total. The summed E-state index contributed by atoms with van der Waals surface area (Å²) >= 11 is 0. The van der Waals surface area contributed by atoms with Crippen LogP contribution in [0.3, 0.4) is 0 Å². The third kappa shape index (κ3) is 5.54. The molecule has 1 atom stereocenters. The molecule has 0 rings (SSSR count). The van der Waals surface area contributed by atoms with E-state index in [9.17, 15) is 0 Å². The SMILES string of the molecule is C/C=C/C=C/CC(N)CO. The minimum absolute atomic E-state index is 0.0557. The van der Waals surface area contributed by atoms with E-state index in [4.69, 9.17) is 10.8 Å². The van der Waals surface area contributed by atoms with E-state index < -0.39 is 0 Å². The van der Waals surface area contributed by atoms with Gasteiger partial charge in [-0.3, -0.25) is 0 Å². The van der Waals surface area contributed by atoms with Crippen LogP contribution in [0.15, 0.2) is 24.3 Å². The van der Waals surface area contributed by atoms with Crippen LogP contribution < -0.4 is 5.73 Å². The number of aliphatic hydroxyl groups excluding tert-OH is 1. The van der Waals surface area contributed by atoms with Gasteiger partial charge in [-0.15, -0.1) is 0 Å². The zero-order chi connectivity index (χ0) is 7.82. The summed E-state index contributed by atoms with van der Waals surface area (Å²) in [6.45, 7) is 2.01. The van der Waals surface area contributed by atoms with E-state index in [-0.39, 0.29) is 12.6 Å². The second-order valence-electron chi connectivity index (χ2n) is 2.13. The van der Waals surface area contributed by atoms with E-state index in [2.05, 4.69) is 0 Å². The monoisotopic (exact) mass is 141 g/mol. The molecule has 0 aliphatic heterocycles. The van der Waals surface area contributed by atoms with E-state index in [1.54, 1.807) is 0 Å². The number of hydrogen-bond donors (Lipinski definition) is 2. The zero-order valence-corrected chi connectivity index (χ0v) is 6.33. The molecule has 0 saturated carbocycles. The molecule has 2 nitrogen and oxygen atoms in total. The normalized spacial score (nSPS) is 15.1. The number of aliphatic hydroxyl groups is 1. The van der Waals surface area contributed by atoms with Gasteiger partial charge < -0.3 is 10.8 Å². The molecule has 0 amide bonds. The van der Waals surface area contributed by atoms with Gasteiger partial charge in [-0.25, -0.2) is 0 Å². The average molecular weight is 141 g/mol. The second-order valence-corrected chi connectivity index (χ2v) is 2.13. The maximum absolute atomic E-state index is 8.51. The third-order valence-electron chi connectivity index (χ3n) is 1.11. The van der Waals surface area contributed by atoms with Crippen LogP contribution in [0.25, 0.3) is 0 Å². The molecular formula is C8H15NO. The number of rotatable bonds is 4. The van der Waals surface area contributed by atoms with Crippen LogP contribution in [0.5, 0.6) is 0 Å². The van der Waals surface area contributed by atoms with Crippen molar-refractivity contribution >= 4 is 0 Å². The largest absolute Gasteiger partial charge is 0.395 e. The van der Waals surface area contributed by atoms with Crippen molar-refractivity contribution < 1.29 is 5.11 Å². The predicted octanol–water partition coefficient (Wildman–Crippen LogP) is 0.828. The van der Waals surface area contributed by atoms with E-state index >= 15 is 0 Å². The molecule has 0 radical (unpaired) electrons. The van der Waals surface area contributed by atoms with Gasteiger partial charge in [0, 0.05) is 6.04 Å². The topological polar surface area (TPSA) is 46.2 Å². The number of nitrogens with two attached hydrogens (primary N) is 1. The summed E-state index contributed by atoms with van der Waals surface area (Å²) in [4.78, 5) is 0. The molecule has 0 fully saturated rings. The first-order valence-electron chi connectivity index (χ1n) is 3.45. The first-order chi connectivity index (χ1) is 4.81. The summed E-state index contributed by atoms with van der Waals surface area (Å²) in [7, 11) is 0. The Labute approximate surface area is 62.0 Å². The first-order valence-corrected chi connectivity index (χ1v) is 3.45. The highest BCUT2D eigenvalue weighted by atomic mass is 16.3. The van der Waals surface area contributed by atoms with Crippen molar-refractivity contribution in [1.29, 1.82) is 0 Å². The van der Waals surface area contributed by atoms with Crippen LogP contribution in [0.4, 0.5) is 0 Å². The lowest BCUT2D eigenvalue weighted by Gasteiger charge is -2.00. The van der Waals surface area contributed by atoms with Crippen molar-refractivity contribution in [2.45, 2.75) is 19.4 Å². The maximum Gasteiger partial charge on any atom is 0.0585 e. The molecule has 0 saturated heterocycles. The second kappa shape index (κ2) is 6.52. The maximum atomic E-state index is 8.51. The molecule has 0 heterocycles. The van der Waals surface area contributed by atoms with Gasteiger partial charge in [-0.05, 0) is 13.3 Å². The molecule has 0 aromatic carbocycles. The summed E-state index contributed by atoms with van der Waals surface area (Å²) in [5.41, 5.74) is 5.43. The Morgan fingerprint density at radius 1 is 1.50 bits per heavy atom. The zero-order valence-electron chi connectivity index (χ0n) is 6.33. The highest BCUT2D eigenvalue weighted by Crippen LogP contribution is 1.88. The fraction of sp³-hybridized carbons (Fsp3) is 0.500. The van der Waals surface area contributed by atoms with Gasteiger partial charge in [-0.1, -0.05) is 24.3 Å². The Balaban J connectivity index is 3.33. The van der Waals surface area contributed by atoms with Crippen LogP contribution >= 0.6 is 0 Å². The quantitative estimate of drug-likeness (QED) is 0.569. The van der Waals surface area contributed by atoms with Gasteiger partial charge in [-0.2, -0.15) is 0 Å². The van der Waals surface area contributed by atoms with Gasteiger partial charge >= 0.3 is 0 Å². The van der Waals surface area contributed by atoms with Gasteiger partial charge in [0.25, 0.3) is 0 Å². The Morgan fingerprint density at radius 3 is 2.70 bits per heavy atom. The number of hydrogen-bond acceptors (Lipinski definition) is 2. The summed E-state index contributed by atoms with van der Waals surface area (Å²) < 4.78 is 0. The highest BCUT2D eigenvalue weighted by molar-refractivity contribution is 5.01. The summed E-state index contributed by atoms with van der Waals surface area (Å²) in [5, 5.41) is 8.51. The molecule has 0 aromatic rings. The van der Waals surface area contributed by atoms with Crippen LogP contribution in [-0.4, -0.2) is 17.8 Å². The van der Waals surface area contributed by atoms with Crippen molar-refractivity contribution in [2.24, 2.45) is 5.73 Å². The van der Waals surface area contributed by atoms with Crippen molar-refractivity contribution in [1.82, 2.24) is 0 Å². The molecule has 0 bridgehead atoms. The lowest BCUT2D eigenvalue weighted by molar-refractivity contribution is 0.266. The summed E-state index contributed by atoms with van der Waals surface area (Å²) in [5.74, 6) is 0. The van der Waals surface area contributed by atoms with E-state index in [0.717, 1.165) is 6.42 Å². The minimum Gasteiger partial charge on any atom is -0.395 e. The molecule has 0 aliphatic carbocycles. The highest BCUT2D eigenvalue weighted by Gasteiger charge is 1.93. The fourth-order valence-electron chi connectivity index (χ4n) is 0.518. The molecule has 0 aliphatic rings. The smallest absolute Gasteiger partial charge is 0.0585 e. The molecule has 58 valence electrons. The Hall–Kier alpha value is -0.600. The first kappa shape index (κ1) is 9.40. The van der Waals surface area contributed by atoms with Crippen molar-refractivity contribution in [3.05, 3.63) is 24.3 Å². The van der Waals surface area contributed by atoms with Crippen LogP contribution in [0.2, 0.25) is 0 Å². The van der Waals surface area contributed by atoms with Crippen LogP contribution in [-0.2, 0) is 0 Å². The third-order valence-corrected chi connectivity index (χ3v) is 1.11. The molecule has 2 heteroatoms. The molecular weight excluding hydrogens is 126 g/mol. The number of allylic oxidation sites excluding steroid dienone is 3. The molecule has 0 spiro atoms. The molecule has 1 unspecified atom stereocenters. The van der Waals surface area contributed by atoms with E-state index in [0.29, 0.717) is 0 Å². The Bertz CT molecular complexity index is 118. The van der Waals surface area contributed by atoms with Gasteiger partial charge in [0.1, 0.15) is 0 Å². The van der Waals surface area contributed by atoms with Crippen LogP contribution in [0.1, 0.15) is 13.3 Å². The van der Waals surface area contributed by atoms with E-state index in [1.807, 2.05) is 31.2 Å². The van der Waals surface area contributed by atoms with Crippen molar-refractivity contribution in [3.63, 3.8) is 0 Å². The minimum atomic E-state index is -0.110. The lowest BCUT2D eigenvalue weighted by Crippen LogP contribution is -2.22. The van der Waals surface area contributed by atoms with Crippen molar-refractivity contribution in [3.8, 4) is 0 Å². The average Bonchev–Trinajstić information content (AvgIpc) is 1.98.